The molecular formula is C14H16N2O. The van der Waals surface area contributed by atoms with Gasteiger partial charge in [-0.3, -0.25) is 4.79 Å². The molecule has 3 heteroatoms. The second-order valence-electron chi connectivity index (χ2n) is 5.20. The standard InChI is InChI=1S/C14H16N2O/c1-8(2)9-3-5-10(6-4-9)13-11-7-12(11)14(17)16-15-13/h3-6,8,11-12H,7H2,1-2H3,(H,16,17)/t11-,12+/m0/s1. The molecule has 1 saturated carbocycles. The Morgan fingerprint density at radius 1 is 1.24 bits per heavy atom. The van der Waals surface area contributed by atoms with Crippen molar-refractivity contribution in [1.29, 1.82) is 0 Å². The van der Waals surface area contributed by atoms with Crippen molar-refractivity contribution < 1.29 is 4.79 Å². The fourth-order valence-electron chi connectivity index (χ4n) is 2.39. The number of fused-ring (bicyclic) bond motifs is 1. The number of carbonyl (C=O) groups is 1. The molecule has 0 unspecified atom stereocenters. The number of carbonyl (C=O) groups excluding carboxylic acids is 1. The maximum absolute atomic E-state index is 11.3. The Hall–Kier alpha value is -1.64. The molecule has 0 aromatic heterocycles. The molecule has 1 aromatic rings. The zero-order chi connectivity index (χ0) is 12.0. The zero-order valence-electron chi connectivity index (χ0n) is 10.1. The number of rotatable bonds is 2. The van der Waals surface area contributed by atoms with Gasteiger partial charge in [-0.1, -0.05) is 38.1 Å². The summed E-state index contributed by atoms with van der Waals surface area (Å²) < 4.78 is 0. The van der Waals surface area contributed by atoms with Gasteiger partial charge in [-0.05, 0) is 23.5 Å². The van der Waals surface area contributed by atoms with Crippen LogP contribution in [0.1, 0.15) is 37.3 Å². The highest BCUT2D eigenvalue weighted by atomic mass is 16.2. The molecular weight excluding hydrogens is 212 g/mol. The van der Waals surface area contributed by atoms with Crippen LogP contribution in [0.5, 0.6) is 0 Å². The van der Waals surface area contributed by atoms with Gasteiger partial charge in [0.15, 0.2) is 0 Å². The van der Waals surface area contributed by atoms with Gasteiger partial charge < -0.3 is 0 Å². The molecule has 2 aliphatic rings. The molecule has 1 aliphatic heterocycles. The van der Waals surface area contributed by atoms with Gasteiger partial charge >= 0.3 is 0 Å². The second kappa shape index (κ2) is 3.69. The van der Waals surface area contributed by atoms with E-state index in [1.165, 1.54) is 5.56 Å². The highest BCUT2D eigenvalue weighted by molar-refractivity contribution is 6.09. The van der Waals surface area contributed by atoms with E-state index in [0.29, 0.717) is 11.8 Å². The zero-order valence-corrected chi connectivity index (χ0v) is 10.1. The predicted molar refractivity (Wildman–Crippen MR) is 66.8 cm³/mol. The predicted octanol–water partition coefficient (Wildman–Crippen LogP) is 2.28. The highest BCUT2D eigenvalue weighted by Gasteiger charge is 2.49. The van der Waals surface area contributed by atoms with Crippen molar-refractivity contribution in [1.82, 2.24) is 5.43 Å². The molecule has 1 heterocycles. The quantitative estimate of drug-likeness (QED) is 0.829. The van der Waals surface area contributed by atoms with Gasteiger partial charge in [-0.15, -0.1) is 0 Å². The first-order valence-electron chi connectivity index (χ1n) is 6.14. The summed E-state index contributed by atoms with van der Waals surface area (Å²) in [5.41, 5.74) is 6.13. The lowest BCUT2D eigenvalue weighted by Gasteiger charge is -2.12. The maximum Gasteiger partial charge on any atom is 0.243 e. The fourth-order valence-corrected chi connectivity index (χ4v) is 2.39. The molecule has 1 aliphatic carbocycles. The van der Waals surface area contributed by atoms with Crippen molar-refractivity contribution in [2.45, 2.75) is 26.2 Å². The minimum Gasteiger partial charge on any atom is -0.273 e. The lowest BCUT2D eigenvalue weighted by molar-refractivity contribution is -0.122. The van der Waals surface area contributed by atoms with Crippen LogP contribution < -0.4 is 5.43 Å². The topological polar surface area (TPSA) is 41.5 Å². The number of hydrogen-bond donors (Lipinski definition) is 1. The van der Waals surface area contributed by atoms with Crippen LogP contribution in [-0.2, 0) is 4.79 Å². The summed E-state index contributed by atoms with van der Waals surface area (Å²) in [7, 11) is 0. The molecule has 88 valence electrons. The maximum atomic E-state index is 11.3. The van der Waals surface area contributed by atoms with Gasteiger partial charge in [-0.2, -0.15) is 5.10 Å². The molecule has 0 spiro atoms. The lowest BCUT2D eigenvalue weighted by atomic mass is 9.98. The van der Waals surface area contributed by atoms with Crippen molar-refractivity contribution in [3.63, 3.8) is 0 Å². The van der Waals surface area contributed by atoms with Crippen molar-refractivity contribution >= 4 is 11.6 Å². The van der Waals surface area contributed by atoms with E-state index in [9.17, 15) is 4.79 Å². The first kappa shape index (κ1) is 10.5. The Morgan fingerprint density at radius 3 is 2.59 bits per heavy atom. The van der Waals surface area contributed by atoms with Crippen molar-refractivity contribution in [2.75, 3.05) is 0 Å². The van der Waals surface area contributed by atoms with E-state index in [2.05, 4.69) is 48.6 Å². The smallest absolute Gasteiger partial charge is 0.243 e. The molecule has 0 radical (unpaired) electrons. The average Bonchev–Trinajstić information content (AvgIpc) is 3.10. The largest absolute Gasteiger partial charge is 0.273 e. The molecule has 3 rings (SSSR count). The van der Waals surface area contributed by atoms with Gasteiger partial charge in [0.05, 0.1) is 5.71 Å². The van der Waals surface area contributed by atoms with Crippen LogP contribution in [0.3, 0.4) is 0 Å². The molecule has 0 saturated heterocycles. The van der Waals surface area contributed by atoms with Gasteiger partial charge in [-0.25, -0.2) is 5.43 Å². The van der Waals surface area contributed by atoms with Crippen LogP contribution >= 0.6 is 0 Å². The lowest BCUT2D eigenvalue weighted by Crippen LogP contribution is -2.28. The van der Waals surface area contributed by atoms with E-state index >= 15 is 0 Å². The van der Waals surface area contributed by atoms with E-state index in [1.54, 1.807) is 0 Å². The van der Waals surface area contributed by atoms with E-state index in [-0.39, 0.29) is 11.8 Å². The highest BCUT2D eigenvalue weighted by Crippen LogP contribution is 2.43. The number of hydrazone groups is 1. The first-order chi connectivity index (χ1) is 8.16. The first-order valence-corrected chi connectivity index (χ1v) is 6.14. The van der Waals surface area contributed by atoms with Gasteiger partial charge in [0.2, 0.25) is 5.91 Å². The van der Waals surface area contributed by atoms with Gasteiger partial charge in [0, 0.05) is 11.8 Å². The van der Waals surface area contributed by atoms with Gasteiger partial charge in [0.1, 0.15) is 0 Å². The summed E-state index contributed by atoms with van der Waals surface area (Å²) in [5.74, 6) is 1.16. The van der Waals surface area contributed by atoms with Crippen molar-refractivity contribution in [3.8, 4) is 0 Å². The van der Waals surface area contributed by atoms with Gasteiger partial charge in [0.25, 0.3) is 0 Å². The Morgan fingerprint density at radius 2 is 1.94 bits per heavy atom. The summed E-state index contributed by atoms with van der Waals surface area (Å²) in [4.78, 5) is 11.3. The number of nitrogens with zero attached hydrogens (tertiary/aromatic N) is 1. The normalized spacial score (nSPS) is 26.3. The third-order valence-electron chi connectivity index (χ3n) is 3.64. The van der Waals surface area contributed by atoms with Crippen molar-refractivity contribution in [2.24, 2.45) is 16.9 Å². The van der Waals surface area contributed by atoms with E-state index < -0.39 is 0 Å². The Balaban J connectivity index is 1.88. The molecule has 17 heavy (non-hydrogen) atoms. The van der Waals surface area contributed by atoms with Crippen molar-refractivity contribution in [3.05, 3.63) is 35.4 Å². The van der Waals surface area contributed by atoms with Crippen LogP contribution in [-0.4, -0.2) is 11.6 Å². The minimum atomic E-state index is 0.0811. The van der Waals surface area contributed by atoms with Crippen LogP contribution in [0.2, 0.25) is 0 Å². The second-order valence-corrected chi connectivity index (χ2v) is 5.20. The Labute approximate surface area is 101 Å². The van der Waals surface area contributed by atoms with E-state index in [0.717, 1.165) is 17.7 Å². The van der Waals surface area contributed by atoms with E-state index in [1.807, 2.05) is 0 Å². The summed E-state index contributed by atoms with van der Waals surface area (Å²) >= 11 is 0. The molecule has 1 amide bonds. The fraction of sp³-hybridized carbons (Fsp3) is 0.429. The summed E-state index contributed by atoms with van der Waals surface area (Å²) in [6, 6.07) is 8.52. The third-order valence-corrected chi connectivity index (χ3v) is 3.64. The summed E-state index contributed by atoms with van der Waals surface area (Å²) in [6.07, 6.45) is 0.955. The van der Waals surface area contributed by atoms with Crippen LogP contribution in [0, 0.1) is 11.8 Å². The molecule has 1 aromatic carbocycles. The summed E-state index contributed by atoms with van der Waals surface area (Å²) in [6.45, 7) is 4.37. The monoisotopic (exact) mass is 228 g/mol. The minimum absolute atomic E-state index is 0.0811. The Kier molecular flexibility index (Phi) is 2.28. The number of hydrogen-bond acceptors (Lipinski definition) is 2. The SMILES string of the molecule is CC(C)c1ccc(C2=NNC(=O)[C@@H]3C[C@H]23)cc1. The summed E-state index contributed by atoms with van der Waals surface area (Å²) in [5, 5.41) is 4.20. The average molecular weight is 228 g/mol. The molecule has 1 fully saturated rings. The van der Waals surface area contributed by atoms with Crippen LogP contribution in [0.25, 0.3) is 0 Å². The molecule has 3 nitrogen and oxygen atoms in total. The number of amides is 1. The number of nitrogens with one attached hydrogen (secondary N) is 1. The van der Waals surface area contributed by atoms with Crippen LogP contribution in [0.15, 0.2) is 29.4 Å². The van der Waals surface area contributed by atoms with Crippen LogP contribution in [0.4, 0.5) is 0 Å². The molecule has 2 atom stereocenters. The third kappa shape index (κ3) is 1.75. The van der Waals surface area contributed by atoms with E-state index in [4.69, 9.17) is 0 Å². The Bertz CT molecular complexity index is 487. The molecule has 1 N–H and O–H groups in total. The number of benzene rings is 1. The molecule has 0 bridgehead atoms.